The van der Waals surface area contributed by atoms with Crippen LogP contribution in [0, 0.1) is 5.92 Å². The molecule has 1 atom stereocenters. The molecule has 1 aromatic rings. The molecule has 1 aliphatic carbocycles. The molecule has 2 rings (SSSR count). The number of benzene rings is 1. The first-order valence-corrected chi connectivity index (χ1v) is 9.48. The lowest BCUT2D eigenvalue weighted by molar-refractivity contribution is 0.315. The summed E-state index contributed by atoms with van der Waals surface area (Å²) in [5.41, 5.74) is 1.35. The average molecular weight is 404 g/mol. The van der Waals surface area contributed by atoms with Crippen LogP contribution < -0.4 is 4.74 Å². The third kappa shape index (κ3) is 4.77. The van der Waals surface area contributed by atoms with Crippen LogP contribution in [0.1, 0.15) is 62.3 Å². The van der Waals surface area contributed by atoms with Gasteiger partial charge in [-0.2, -0.15) is 0 Å². The Morgan fingerprint density at radius 1 is 1.30 bits per heavy atom. The van der Waals surface area contributed by atoms with Crippen LogP contribution in [0.5, 0.6) is 5.75 Å². The van der Waals surface area contributed by atoms with Crippen molar-refractivity contribution in [3.05, 3.63) is 28.2 Å². The summed E-state index contributed by atoms with van der Waals surface area (Å²) in [6.07, 6.45) is 9.37. The van der Waals surface area contributed by atoms with Crippen molar-refractivity contribution in [1.82, 2.24) is 0 Å². The summed E-state index contributed by atoms with van der Waals surface area (Å²) < 4.78 is 6.76. The standard InChI is InChI=1S/C17H24Br2O/c1-2-11-20-17-10-8-14(12-16(17)19)15(18)9-7-13-5-3-4-6-13/h8,10,12-13,15H,2-7,9,11H2,1H3. The van der Waals surface area contributed by atoms with Gasteiger partial charge < -0.3 is 4.74 Å². The lowest BCUT2D eigenvalue weighted by Gasteiger charge is -2.15. The van der Waals surface area contributed by atoms with Crippen LogP contribution in [0.25, 0.3) is 0 Å². The molecule has 1 nitrogen and oxygen atoms in total. The van der Waals surface area contributed by atoms with Gasteiger partial charge in [0, 0.05) is 4.83 Å². The van der Waals surface area contributed by atoms with Gasteiger partial charge in [0.25, 0.3) is 0 Å². The number of ether oxygens (including phenoxy) is 1. The first-order valence-electron chi connectivity index (χ1n) is 7.77. The van der Waals surface area contributed by atoms with Crippen molar-refractivity contribution < 1.29 is 4.74 Å². The van der Waals surface area contributed by atoms with E-state index >= 15 is 0 Å². The fourth-order valence-corrected chi connectivity index (χ4v) is 3.95. The smallest absolute Gasteiger partial charge is 0.133 e. The van der Waals surface area contributed by atoms with Gasteiger partial charge in [0.15, 0.2) is 0 Å². The molecule has 0 radical (unpaired) electrons. The van der Waals surface area contributed by atoms with E-state index in [1.165, 1.54) is 44.1 Å². The summed E-state index contributed by atoms with van der Waals surface area (Å²) in [5, 5.41) is 0. The molecule has 0 amide bonds. The van der Waals surface area contributed by atoms with Crippen LogP contribution in [-0.2, 0) is 0 Å². The summed E-state index contributed by atoms with van der Waals surface area (Å²) in [4.78, 5) is 0.458. The lowest BCUT2D eigenvalue weighted by atomic mass is 9.98. The zero-order valence-corrected chi connectivity index (χ0v) is 15.4. The van der Waals surface area contributed by atoms with Crippen LogP contribution in [0.3, 0.4) is 0 Å². The van der Waals surface area contributed by atoms with E-state index in [2.05, 4.69) is 57.0 Å². The fourth-order valence-electron chi connectivity index (χ4n) is 2.89. The van der Waals surface area contributed by atoms with Gasteiger partial charge in [-0.25, -0.2) is 0 Å². The van der Waals surface area contributed by atoms with E-state index < -0.39 is 0 Å². The number of halogens is 2. The van der Waals surface area contributed by atoms with Crippen LogP contribution in [0.15, 0.2) is 22.7 Å². The number of alkyl halides is 1. The molecule has 112 valence electrons. The molecule has 1 saturated carbocycles. The molecule has 0 N–H and O–H groups in total. The molecule has 0 heterocycles. The van der Waals surface area contributed by atoms with Gasteiger partial charge >= 0.3 is 0 Å². The highest BCUT2D eigenvalue weighted by molar-refractivity contribution is 9.10. The highest BCUT2D eigenvalue weighted by Gasteiger charge is 2.17. The van der Waals surface area contributed by atoms with Gasteiger partial charge in [0.1, 0.15) is 5.75 Å². The maximum atomic E-state index is 5.70. The highest BCUT2D eigenvalue weighted by Crippen LogP contribution is 2.37. The highest BCUT2D eigenvalue weighted by atomic mass is 79.9. The average Bonchev–Trinajstić information content (AvgIpc) is 2.96. The summed E-state index contributed by atoms with van der Waals surface area (Å²) in [5.74, 6) is 1.91. The Balaban J connectivity index is 1.88. The Labute approximate surface area is 139 Å². The first-order chi connectivity index (χ1) is 9.70. The largest absolute Gasteiger partial charge is 0.492 e. The molecular weight excluding hydrogens is 380 g/mol. The van der Waals surface area contributed by atoms with E-state index in [-0.39, 0.29) is 0 Å². The van der Waals surface area contributed by atoms with E-state index in [1.807, 2.05) is 0 Å². The lowest BCUT2D eigenvalue weighted by Crippen LogP contribution is -1.99. The monoisotopic (exact) mass is 402 g/mol. The van der Waals surface area contributed by atoms with E-state index in [4.69, 9.17) is 4.74 Å². The molecular formula is C17H24Br2O. The minimum atomic E-state index is 0.458. The van der Waals surface area contributed by atoms with E-state index in [1.54, 1.807) is 0 Å². The predicted octanol–water partition coefficient (Wildman–Crippen LogP) is 6.64. The normalized spacial score (nSPS) is 17.4. The molecule has 3 heteroatoms. The molecule has 0 aromatic heterocycles. The molecule has 0 aliphatic heterocycles. The zero-order valence-electron chi connectivity index (χ0n) is 12.2. The summed E-state index contributed by atoms with van der Waals surface area (Å²) in [7, 11) is 0. The second-order valence-corrected chi connectivity index (χ2v) is 7.69. The van der Waals surface area contributed by atoms with Crippen molar-refractivity contribution in [2.45, 2.75) is 56.7 Å². The quantitative estimate of drug-likeness (QED) is 0.463. The second kappa shape index (κ2) is 8.43. The van der Waals surface area contributed by atoms with Crippen molar-refractivity contribution in [2.24, 2.45) is 5.92 Å². The van der Waals surface area contributed by atoms with Gasteiger partial charge in [-0.3, -0.25) is 0 Å². The number of rotatable bonds is 7. The van der Waals surface area contributed by atoms with Crippen molar-refractivity contribution in [3.63, 3.8) is 0 Å². The molecule has 0 spiro atoms. The molecule has 0 bridgehead atoms. The second-order valence-electron chi connectivity index (χ2n) is 5.73. The molecule has 1 aliphatic rings. The molecule has 20 heavy (non-hydrogen) atoms. The van der Waals surface area contributed by atoms with Crippen LogP contribution in [0.2, 0.25) is 0 Å². The van der Waals surface area contributed by atoms with Crippen molar-refractivity contribution >= 4 is 31.9 Å². The molecule has 1 aromatic carbocycles. The van der Waals surface area contributed by atoms with E-state index in [0.29, 0.717) is 4.83 Å². The van der Waals surface area contributed by atoms with Gasteiger partial charge in [-0.1, -0.05) is 54.6 Å². The van der Waals surface area contributed by atoms with Crippen molar-refractivity contribution in [3.8, 4) is 5.75 Å². The maximum absolute atomic E-state index is 5.70. The van der Waals surface area contributed by atoms with Crippen LogP contribution in [0.4, 0.5) is 0 Å². The van der Waals surface area contributed by atoms with Gasteiger partial charge in [0.05, 0.1) is 11.1 Å². The van der Waals surface area contributed by atoms with Gasteiger partial charge in [0.2, 0.25) is 0 Å². The minimum absolute atomic E-state index is 0.458. The maximum Gasteiger partial charge on any atom is 0.133 e. The number of hydrogen-bond donors (Lipinski definition) is 0. The summed E-state index contributed by atoms with van der Waals surface area (Å²) in [6, 6.07) is 6.46. The summed E-state index contributed by atoms with van der Waals surface area (Å²) >= 11 is 7.46. The third-order valence-electron chi connectivity index (χ3n) is 4.08. The Morgan fingerprint density at radius 2 is 2.05 bits per heavy atom. The van der Waals surface area contributed by atoms with Crippen LogP contribution >= 0.6 is 31.9 Å². The topological polar surface area (TPSA) is 9.23 Å². The zero-order chi connectivity index (χ0) is 14.4. The van der Waals surface area contributed by atoms with Crippen molar-refractivity contribution in [1.29, 1.82) is 0 Å². The number of hydrogen-bond acceptors (Lipinski definition) is 1. The van der Waals surface area contributed by atoms with Crippen LogP contribution in [-0.4, -0.2) is 6.61 Å². The Morgan fingerprint density at radius 3 is 2.70 bits per heavy atom. The molecule has 0 saturated heterocycles. The Kier molecular flexibility index (Phi) is 6.89. The van der Waals surface area contributed by atoms with Crippen molar-refractivity contribution in [2.75, 3.05) is 6.61 Å². The predicted molar refractivity (Wildman–Crippen MR) is 92.8 cm³/mol. The summed E-state index contributed by atoms with van der Waals surface area (Å²) in [6.45, 7) is 2.90. The Hall–Kier alpha value is -0.0200. The van der Waals surface area contributed by atoms with E-state index in [0.717, 1.165) is 29.2 Å². The fraction of sp³-hybridized carbons (Fsp3) is 0.647. The van der Waals surface area contributed by atoms with Gasteiger partial charge in [-0.05, 0) is 58.8 Å². The minimum Gasteiger partial charge on any atom is -0.492 e. The molecule has 1 fully saturated rings. The first kappa shape index (κ1) is 16.4. The SMILES string of the molecule is CCCOc1ccc(C(Br)CCC2CCCC2)cc1Br. The Bertz CT molecular complexity index is 413. The van der Waals surface area contributed by atoms with E-state index in [9.17, 15) is 0 Å². The van der Waals surface area contributed by atoms with Gasteiger partial charge in [-0.15, -0.1) is 0 Å². The molecule has 1 unspecified atom stereocenters. The third-order valence-corrected chi connectivity index (χ3v) is 5.69.